The molecule has 4 N–H and O–H groups in total. The molecule has 2 aliphatic carbocycles. The third-order valence-corrected chi connectivity index (χ3v) is 12.8. The quantitative estimate of drug-likeness (QED) is 0.130. The Hall–Kier alpha value is -4.21. The Morgan fingerprint density at radius 1 is 1.00 bits per heavy atom. The summed E-state index contributed by atoms with van der Waals surface area (Å²) in [6.07, 6.45) is -1.39. The van der Waals surface area contributed by atoms with Gasteiger partial charge in [0.25, 0.3) is 0 Å². The van der Waals surface area contributed by atoms with Crippen LogP contribution in [0.5, 0.6) is 0 Å². The van der Waals surface area contributed by atoms with Gasteiger partial charge in [0.2, 0.25) is 21.9 Å². The van der Waals surface area contributed by atoms with Crippen molar-refractivity contribution in [1.29, 1.82) is 0 Å². The molecule has 3 aromatic carbocycles. The number of benzene rings is 3. The highest BCUT2D eigenvalue weighted by Crippen LogP contribution is 2.45. The number of sulfonamides is 1. The van der Waals surface area contributed by atoms with Crippen LogP contribution in [0.25, 0.3) is 0 Å². The zero-order valence-corrected chi connectivity index (χ0v) is 30.1. The van der Waals surface area contributed by atoms with Crippen LogP contribution >= 0.6 is 11.3 Å². The number of hydrogen-bond acceptors (Lipinski definition) is 8. The number of rotatable bonds is 14. The molecule has 52 heavy (non-hydrogen) atoms. The number of aliphatic hydroxyl groups is 2. The number of alkyl halides is 2. The van der Waals surface area contributed by atoms with Gasteiger partial charge in [0.15, 0.2) is 0 Å². The molecule has 14 heteroatoms. The number of aliphatic hydroxyl groups excluding tert-OH is 2. The van der Waals surface area contributed by atoms with E-state index in [2.05, 4.69) is 10.6 Å². The topological polar surface area (TPSA) is 145 Å². The molecule has 0 aliphatic heterocycles. The van der Waals surface area contributed by atoms with Crippen LogP contribution in [0.1, 0.15) is 69.3 Å². The number of fused-ring (bicyclic) bond motifs is 1. The standard InChI is InChI=1S/C38H41F2N3O7S2/c1-50-37(47)42-35(34(25-8-4-2-5-9-25)26-10-6-3-7-11-26)36(46)41-21-28-13-17-33(51-28)31(23-44)43(22-24-19-38(39,40)20-24)52(48,49)29-14-15-30-27(18-29)12-16-32(30)45/h2-11,13-15,17-18,24,31-32,34-35,44-45H,12,16,19-23H2,1H3,(H,41,46)(H,42,47)/t31?,32?,35-/m0/s1. The molecule has 0 radical (unpaired) electrons. The van der Waals surface area contributed by atoms with E-state index in [9.17, 15) is 37.0 Å². The van der Waals surface area contributed by atoms with Crippen molar-refractivity contribution < 1.29 is 41.7 Å². The summed E-state index contributed by atoms with van der Waals surface area (Å²) in [4.78, 5) is 27.4. The number of hydrogen-bond donors (Lipinski definition) is 4. The number of alkyl carbamates (subject to hydrolysis) is 1. The number of carbonyl (C=O) groups is 2. The number of nitrogens with zero attached hydrogens (tertiary/aromatic N) is 1. The molecule has 0 bridgehead atoms. The fraction of sp³-hybridized carbons (Fsp3) is 0.368. The lowest BCUT2D eigenvalue weighted by atomic mass is 9.81. The molecule has 6 rings (SSSR count). The Morgan fingerprint density at radius 3 is 2.25 bits per heavy atom. The Balaban J connectivity index is 1.24. The van der Waals surface area contributed by atoms with Gasteiger partial charge in [0.1, 0.15) is 6.04 Å². The molecule has 0 spiro atoms. The molecule has 3 atom stereocenters. The third kappa shape index (κ3) is 8.21. The number of methoxy groups -OCH3 is 1. The molecule has 2 unspecified atom stereocenters. The fourth-order valence-electron chi connectivity index (χ4n) is 7.09. The SMILES string of the molecule is COC(=O)N[C@H](C(=O)NCc1ccc(C(CO)N(CC2CC(F)(F)C2)S(=O)(=O)c2ccc3c(c2)CCC3O)s1)C(c1ccccc1)c1ccccc1. The number of amides is 2. The van der Waals surface area contributed by atoms with E-state index in [1.54, 1.807) is 18.2 Å². The van der Waals surface area contributed by atoms with E-state index in [0.717, 1.165) is 15.4 Å². The van der Waals surface area contributed by atoms with Crippen molar-refractivity contribution in [3.05, 3.63) is 123 Å². The summed E-state index contributed by atoms with van der Waals surface area (Å²) < 4.78 is 62.1. The Morgan fingerprint density at radius 2 is 1.65 bits per heavy atom. The fourth-order valence-corrected chi connectivity index (χ4v) is 9.94. The largest absolute Gasteiger partial charge is 0.453 e. The maximum Gasteiger partial charge on any atom is 0.407 e. The van der Waals surface area contributed by atoms with Crippen LogP contribution in [-0.2, 0) is 32.5 Å². The number of thiophene rings is 1. The minimum absolute atomic E-state index is 0.0199. The first kappa shape index (κ1) is 37.5. The van der Waals surface area contributed by atoms with E-state index >= 15 is 0 Å². The zero-order chi connectivity index (χ0) is 37.0. The van der Waals surface area contributed by atoms with Crippen molar-refractivity contribution in [1.82, 2.24) is 14.9 Å². The van der Waals surface area contributed by atoms with E-state index in [1.807, 2.05) is 60.7 Å². The van der Waals surface area contributed by atoms with Gasteiger partial charge < -0.3 is 25.6 Å². The predicted octanol–water partition coefficient (Wildman–Crippen LogP) is 5.67. The first-order valence-corrected chi connectivity index (χ1v) is 19.3. The summed E-state index contributed by atoms with van der Waals surface area (Å²) in [5.74, 6) is -4.53. The van der Waals surface area contributed by atoms with E-state index in [1.165, 1.54) is 30.6 Å². The summed E-state index contributed by atoms with van der Waals surface area (Å²) in [7, 11) is -3.07. The zero-order valence-electron chi connectivity index (χ0n) is 28.5. The molecule has 4 aromatic rings. The van der Waals surface area contributed by atoms with Crippen LogP contribution in [0.2, 0.25) is 0 Å². The van der Waals surface area contributed by atoms with E-state index < -0.39 is 77.4 Å². The van der Waals surface area contributed by atoms with E-state index in [4.69, 9.17) is 4.74 Å². The molecule has 0 saturated heterocycles. The van der Waals surface area contributed by atoms with Crippen LogP contribution in [0, 0.1) is 5.92 Å². The minimum Gasteiger partial charge on any atom is -0.453 e. The number of aryl methyl sites for hydroxylation is 1. The van der Waals surface area contributed by atoms with Crippen LogP contribution in [-0.4, -0.2) is 67.2 Å². The third-order valence-electron chi connectivity index (χ3n) is 9.74. The maximum absolute atomic E-state index is 14.2. The number of ether oxygens (including phenoxy) is 1. The van der Waals surface area contributed by atoms with Crippen molar-refractivity contribution in [2.45, 2.75) is 67.2 Å². The average molecular weight is 754 g/mol. The summed E-state index contributed by atoms with van der Waals surface area (Å²) >= 11 is 1.18. The number of carbonyl (C=O) groups excluding carboxylic acids is 2. The second kappa shape index (κ2) is 15.8. The maximum atomic E-state index is 14.2. The van der Waals surface area contributed by atoms with Crippen molar-refractivity contribution >= 4 is 33.4 Å². The Bertz CT molecular complexity index is 1930. The average Bonchev–Trinajstić information content (AvgIpc) is 3.76. The van der Waals surface area contributed by atoms with Gasteiger partial charge in [-0.3, -0.25) is 4.79 Å². The Labute approximate surface area is 305 Å². The second-order valence-corrected chi connectivity index (χ2v) is 16.3. The van der Waals surface area contributed by atoms with Gasteiger partial charge in [-0.1, -0.05) is 66.7 Å². The highest BCUT2D eigenvalue weighted by Gasteiger charge is 2.48. The summed E-state index contributed by atoms with van der Waals surface area (Å²) in [6, 6.07) is 24.3. The molecule has 1 saturated carbocycles. The lowest BCUT2D eigenvalue weighted by molar-refractivity contribution is -0.123. The van der Waals surface area contributed by atoms with Crippen LogP contribution in [0.15, 0.2) is 95.9 Å². The monoisotopic (exact) mass is 753 g/mol. The molecule has 2 amide bonds. The van der Waals surface area contributed by atoms with Crippen LogP contribution in [0.4, 0.5) is 13.6 Å². The lowest BCUT2D eigenvalue weighted by Crippen LogP contribution is -2.50. The molecular formula is C38H41F2N3O7S2. The van der Waals surface area contributed by atoms with Gasteiger partial charge in [0, 0.05) is 35.1 Å². The second-order valence-electron chi connectivity index (χ2n) is 13.3. The highest BCUT2D eigenvalue weighted by atomic mass is 32.2. The van der Waals surface area contributed by atoms with E-state index in [0.29, 0.717) is 33.7 Å². The van der Waals surface area contributed by atoms with Gasteiger partial charge in [-0.2, -0.15) is 4.31 Å². The van der Waals surface area contributed by atoms with Gasteiger partial charge in [-0.15, -0.1) is 11.3 Å². The van der Waals surface area contributed by atoms with Gasteiger partial charge in [0.05, 0.1) is 37.3 Å². The van der Waals surface area contributed by atoms with Crippen LogP contribution in [0.3, 0.4) is 0 Å². The summed E-state index contributed by atoms with van der Waals surface area (Å²) in [5, 5.41) is 26.5. The van der Waals surface area contributed by atoms with Gasteiger partial charge >= 0.3 is 6.09 Å². The normalized spacial score (nSPS) is 18.0. The molecule has 1 aromatic heterocycles. The molecular weight excluding hydrogens is 713 g/mol. The van der Waals surface area contributed by atoms with Crippen molar-refractivity contribution in [2.75, 3.05) is 20.3 Å². The number of nitrogens with one attached hydrogen (secondary N) is 2. The summed E-state index contributed by atoms with van der Waals surface area (Å²) in [5.41, 5.74) is 2.95. The molecule has 1 heterocycles. The molecule has 2 aliphatic rings. The first-order chi connectivity index (χ1) is 24.9. The summed E-state index contributed by atoms with van der Waals surface area (Å²) in [6.45, 7) is -0.806. The minimum atomic E-state index is -4.28. The smallest absolute Gasteiger partial charge is 0.407 e. The van der Waals surface area contributed by atoms with Gasteiger partial charge in [-0.25, -0.2) is 22.0 Å². The van der Waals surface area contributed by atoms with E-state index in [-0.39, 0.29) is 18.0 Å². The van der Waals surface area contributed by atoms with Gasteiger partial charge in [-0.05, 0) is 65.3 Å². The van der Waals surface area contributed by atoms with Crippen molar-refractivity contribution in [3.8, 4) is 0 Å². The number of halogens is 2. The Kier molecular flexibility index (Phi) is 11.4. The predicted molar refractivity (Wildman–Crippen MR) is 191 cm³/mol. The van der Waals surface area contributed by atoms with Crippen molar-refractivity contribution in [3.63, 3.8) is 0 Å². The lowest BCUT2D eigenvalue weighted by Gasteiger charge is -2.39. The highest BCUT2D eigenvalue weighted by molar-refractivity contribution is 7.89. The van der Waals surface area contributed by atoms with Crippen molar-refractivity contribution in [2.24, 2.45) is 5.92 Å². The first-order valence-electron chi connectivity index (χ1n) is 17.0. The van der Waals surface area contributed by atoms with Crippen LogP contribution < -0.4 is 10.6 Å². The molecule has 276 valence electrons. The molecule has 10 nitrogen and oxygen atoms in total. The molecule has 1 fully saturated rings.